The van der Waals surface area contributed by atoms with Gasteiger partial charge in [-0.15, -0.1) is 0 Å². The van der Waals surface area contributed by atoms with E-state index in [4.69, 9.17) is 16.2 Å². The molecule has 3 rings (SSSR count). The zero-order valence-electron chi connectivity index (χ0n) is 21.9. The van der Waals surface area contributed by atoms with Gasteiger partial charge in [0.15, 0.2) is 5.78 Å². The number of hydrogen-bond donors (Lipinski definition) is 4. The Balaban J connectivity index is 1.56. The molecular weight excluding hydrogens is 466 g/mol. The number of carbonyl (C=O) groups is 2. The summed E-state index contributed by atoms with van der Waals surface area (Å²) in [5, 5.41) is 8.10. The average Bonchev–Trinajstić information content (AvgIpc) is 2.89. The van der Waals surface area contributed by atoms with Gasteiger partial charge in [-0.3, -0.25) is 9.59 Å². The number of anilines is 1. The number of nitrogens with one attached hydrogen (secondary N) is 2. The molecule has 1 amide bonds. The van der Waals surface area contributed by atoms with Crippen molar-refractivity contribution in [2.24, 2.45) is 17.4 Å². The number of ether oxygens (including phenoxy) is 1. The molecule has 0 spiro atoms. The maximum atomic E-state index is 13.1. The molecule has 0 saturated heterocycles. The highest BCUT2D eigenvalue weighted by atomic mass is 16.5. The average molecular weight is 506 g/mol. The summed E-state index contributed by atoms with van der Waals surface area (Å²) in [6.07, 6.45) is 0.651. The molecule has 3 atom stereocenters. The van der Waals surface area contributed by atoms with Gasteiger partial charge in [0, 0.05) is 24.7 Å². The first-order valence-electron chi connectivity index (χ1n) is 12.6. The Morgan fingerprint density at radius 1 is 1.00 bits per heavy atom. The lowest BCUT2D eigenvalue weighted by Crippen LogP contribution is -2.46. The lowest BCUT2D eigenvalue weighted by Gasteiger charge is -2.23. The fourth-order valence-corrected chi connectivity index (χ4v) is 4.19. The maximum absolute atomic E-state index is 13.1. The van der Waals surface area contributed by atoms with Crippen LogP contribution in [0.2, 0.25) is 0 Å². The van der Waals surface area contributed by atoms with Gasteiger partial charge in [-0.25, -0.2) is 0 Å². The summed E-state index contributed by atoms with van der Waals surface area (Å²) < 4.78 is 5.72. The number of fused-ring (bicyclic) bond motifs is 1. The van der Waals surface area contributed by atoms with E-state index in [2.05, 4.69) is 15.5 Å². The summed E-state index contributed by atoms with van der Waals surface area (Å²) in [5.74, 6) is -0.127. The van der Waals surface area contributed by atoms with Crippen molar-refractivity contribution in [1.29, 1.82) is 0 Å². The Bertz CT molecular complexity index is 1170. The Kier molecular flexibility index (Phi) is 10.6. The number of carbonyl (C=O) groups excluding carboxylic acids is 2. The van der Waals surface area contributed by atoms with Crippen molar-refractivity contribution >= 4 is 28.2 Å². The van der Waals surface area contributed by atoms with Gasteiger partial charge in [-0.2, -0.15) is 0 Å². The molecule has 198 valence electrons. The van der Waals surface area contributed by atoms with Crippen molar-refractivity contribution in [2.75, 3.05) is 46.2 Å². The normalized spacial score (nSPS) is 13.8. The molecule has 0 bridgehead atoms. The van der Waals surface area contributed by atoms with Crippen LogP contribution in [0.3, 0.4) is 0 Å². The van der Waals surface area contributed by atoms with E-state index in [0.29, 0.717) is 18.7 Å². The summed E-state index contributed by atoms with van der Waals surface area (Å²) in [6, 6.07) is 20.0. The van der Waals surface area contributed by atoms with E-state index in [1.807, 2.05) is 80.8 Å². The third-order valence-electron chi connectivity index (χ3n) is 6.44. The highest BCUT2D eigenvalue weighted by Crippen LogP contribution is 2.20. The molecule has 0 radical (unpaired) electrons. The number of rotatable bonds is 14. The minimum Gasteiger partial charge on any atom is -0.492 e. The number of amides is 1. The first-order chi connectivity index (χ1) is 17.8. The van der Waals surface area contributed by atoms with Crippen LogP contribution < -0.4 is 26.8 Å². The number of Topliss-reactive ketones (excluding diaryl/α,β-unsaturated/α-hetero) is 1. The van der Waals surface area contributed by atoms with Gasteiger partial charge in [0.25, 0.3) is 0 Å². The van der Waals surface area contributed by atoms with Crippen molar-refractivity contribution in [3.8, 4) is 5.75 Å². The van der Waals surface area contributed by atoms with E-state index in [0.717, 1.165) is 28.6 Å². The van der Waals surface area contributed by atoms with E-state index in [1.165, 1.54) is 0 Å². The fourth-order valence-electron chi connectivity index (χ4n) is 4.19. The molecule has 0 fully saturated rings. The van der Waals surface area contributed by atoms with Crippen LogP contribution in [-0.2, 0) is 16.0 Å². The second-order valence-corrected chi connectivity index (χ2v) is 9.57. The molecular formula is C29H39N5O3. The van der Waals surface area contributed by atoms with Crippen LogP contribution in [0.25, 0.3) is 10.8 Å². The third kappa shape index (κ3) is 8.36. The first kappa shape index (κ1) is 28.3. The highest BCUT2D eigenvalue weighted by Gasteiger charge is 2.29. The number of nitrogens with two attached hydrogens (primary N) is 2. The van der Waals surface area contributed by atoms with Gasteiger partial charge in [0.05, 0.1) is 12.1 Å². The SMILES string of the molecule is CN[C@@H](CC(CN)C(=O)[C@@H](N)Cc1ccc(OCCN(C)C)cc1)C(=O)Nc1ccc2ccccc2c1. The Morgan fingerprint density at radius 3 is 2.35 bits per heavy atom. The van der Waals surface area contributed by atoms with Gasteiger partial charge < -0.3 is 31.7 Å². The summed E-state index contributed by atoms with van der Waals surface area (Å²) in [7, 11) is 5.69. The molecule has 0 saturated carbocycles. The monoisotopic (exact) mass is 505 g/mol. The molecule has 0 aromatic heterocycles. The van der Waals surface area contributed by atoms with E-state index in [1.54, 1.807) is 7.05 Å². The van der Waals surface area contributed by atoms with Crippen LogP contribution in [-0.4, -0.2) is 69.5 Å². The molecule has 0 heterocycles. The predicted octanol–water partition coefficient (Wildman–Crippen LogP) is 2.41. The Hall–Kier alpha value is -3.30. The summed E-state index contributed by atoms with van der Waals surface area (Å²) in [4.78, 5) is 28.2. The van der Waals surface area contributed by atoms with Crippen molar-refractivity contribution in [1.82, 2.24) is 10.2 Å². The van der Waals surface area contributed by atoms with E-state index >= 15 is 0 Å². The van der Waals surface area contributed by atoms with Gasteiger partial charge in [-0.1, -0.05) is 42.5 Å². The second-order valence-electron chi connectivity index (χ2n) is 9.57. The van der Waals surface area contributed by atoms with Gasteiger partial charge in [0.1, 0.15) is 12.4 Å². The van der Waals surface area contributed by atoms with Gasteiger partial charge in [-0.05, 0) is 74.6 Å². The minimum absolute atomic E-state index is 0.118. The van der Waals surface area contributed by atoms with E-state index in [-0.39, 0.29) is 24.7 Å². The quantitative estimate of drug-likeness (QED) is 0.265. The molecule has 0 aliphatic rings. The zero-order valence-corrected chi connectivity index (χ0v) is 21.9. The van der Waals surface area contributed by atoms with Crippen molar-refractivity contribution in [2.45, 2.75) is 24.9 Å². The molecule has 3 aromatic rings. The van der Waals surface area contributed by atoms with Gasteiger partial charge >= 0.3 is 0 Å². The van der Waals surface area contributed by atoms with Crippen molar-refractivity contribution in [3.05, 3.63) is 72.3 Å². The smallest absolute Gasteiger partial charge is 0.241 e. The van der Waals surface area contributed by atoms with Crippen LogP contribution in [0.4, 0.5) is 5.69 Å². The fraction of sp³-hybridized carbons (Fsp3) is 0.379. The molecule has 3 aromatic carbocycles. The summed E-state index contributed by atoms with van der Waals surface area (Å²) >= 11 is 0. The van der Waals surface area contributed by atoms with E-state index < -0.39 is 18.0 Å². The molecule has 8 nitrogen and oxygen atoms in total. The molecule has 8 heteroatoms. The molecule has 0 aliphatic carbocycles. The van der Waals surface area contributed by atoms with Crippen LogP contribution in [0, 0.1) is 5.92 Å². The number of likely N-dealkylation sites (N-methyl/N-ethyl adjacent to an activating group) is 2. The standard InChI is InChI=1S/C29H39N5O3/c1-32-27(29(36)33-24-11-10-21-6-4-5-7-22(21)17-24)18-23(19-30)28(35)26(31)16-20-8-12-25(13-9-20)37-15-14-34(2)3/h4-13,17,23,26-27,32H,14-16,18-19,30-31H2,1-3H3,(H,33,36)/t23?,26-,27-/m0/s1. The second kappa shape index (κ2) is 13.9. The summed E-state index contributed by atoms with van der Waals surface area (Å²) in [5.41, 5.74) is 13.9. The highest BCUT2D eigenvalue weighted by molar-refractivity contribution is 5.98. The first-order valence-corrected chi connectivity index (χ1v) is 12.6. The van der Waals surface area contributed by atoms with Crippen LogP contribution >= 0.6 is 0 Å². The lowest BCUT2D eigenvalue weighted by atomic mass is 9.89. The van der Waals surface area contributed by atoms with Crippen LogP contribution in [0.15, 0.2) is 66.7 Å². The van der Waals surface area contributed by atoms with Gasteiger partial charge in [0.2, 0.25) is 5.91 Å². The summed E-state index contributed by atoms with van der Waals surface area (Å²) in [6.45, 7) is 1.55. The lowest BCUT2D eigenvalue weighted by molar-refractivity contribution is -0.124. The molecule has 6 N–H and O–H groups in total. The number of hydrogen-bond acceptors (Lipinski definition) is 7. The number of benzene rings is 3. The van der Waals surface area contributed by atoms with Crippen LogP contribution in [0.5, 0.6) is 5.75 Å². The maximum Gasteiger partial charge on any atom is 0.241 e. The Labute approximate surface area is 219 Å². The van der Waals surface area contributed by atoms with Crippen molar-refractivity contribution in [3.63, 3.8) is 0 Å². The third-order valence-corrected chi connectivity index (χ3v) is 6.44. The molecule has 0 aliphatic heterocycles. The van der Waals surface area contributed by atoms with E-state index in [9.17, 15) is 9.59 Å². The number of ketones is 1. The topological polar surface area (TPSA) is 123 Å². The van der Waals surface area contributed by atoms with Crippen LogP contribution in [0.1, 0.15) is 12.0 Å². The molecule has 1 unspecified atom stereocenters. The number of nitrogens with zero attached hydrogens (tertiary/aromatic N) is 1. The largest absolute Gasteiger partial charge is 0.492 e. The minimum atomic E-state index is -0.713. The zero-order chi connectivity index (χ0) is 26.8. The molecule has 37 heavy (non-hydrogen) atoms. The Morgan fingerprint density at radius 2 is 1.70 bits per heavy atom. The van der Waals surface area contributed by atoms with Crippen molar-refractivity contribution < 1.29 is 14.3 Å². The predicted molar refractivity (Wildman–Crippen MR) is 150 cm³/mol.